The third kappa shape index (κ3) is 3.19. The van der Waals surface area contributed by atoms with E-state index in [4.69, 9.17) is 11.6 Å². The van der Waals surface area contributed by atoms with Gasteiger partial charge in [-0.2, -0.15) is 0 Å². The number of halogens is 1. The quantitative estimate of drug-likeness (QED) is 0.793. The lowest BCUT2D eigenvalue weighted by Gasteiger charge is -2.12. The molecule has 1 aromatic rings. The normalized spacial score (nSPS) is 10.9. The molecule has 0 saturated heterocycles. The number of hydrogen-bond donors (Lipinski definition) is 1. The lowest BCUT2D eigenvalue weighted by molar-refractivity contribution is 0.803. The molecule has 0 radical (unpaired) electrons. The van der Waals surface area contributed by atoms with E-state index in [1.807, 2.05) is 30.9 Å². The molecule has 0 bridgehead atoms. The SMILES string of the molecule is CNCc1c(Cl)cccc1SC(C)C. The Bertz CT molecular complexity index is 299. The van der Waals surface area contributed by atoms with Gasteiger partial charge in [0.25, 0.3) is 0 Å². The van der Waals surface area contributed by atoms with Crippen LogP contribution in [0.2, 0.25) is 5.02 Å². The zero-order valence-electron chi connectivity index (χ0n) is 8.80. The zero-order valence-corrected chi connectivity index (χ0v) is 10.4. The monoisotopic (exact) mass is 229 g/mol. The molecule has 0 aliphatic rings. The van der Waals surface area contributed by atoms with Gasteiger partial charge in [-0.15, -0.1) is 11.8 Å². The maximum absolute atomic E-state index is 6.14. The Balaban J connectivity index is 2.95. The van der Waals surface area contributed by atoms with Gasteiger partial charge in [0.15, 0.2) is 0 Å². The standard InChI is InChI=1S/C11H16ClNS/c1-8(2)14-11-6-4-5-10(12)9(11)7-13-3/h4-6,8,13H,7H2,1-3H3. The molecule has 1 aromatic carbocycles. The fourth-order valence-corrected chi connectivity index (χ4v) is 2.54. The summed E-state index contributed by atoms with van der Waals surface area (Å²) in [5.74, 6) is 0. The van der Waals surface area contributed by atoms with Crippen molar-refractivity contribution in [3.63, 3.8) is 0 Å². The maximum Gasteiger partial charge on any atom is 0.0462 e. The van der Waals surface area contributed by atoms with Crippen molar-refractivity contribution in [3.8, 4) is 0 Å². The summed E-state index contributed by atoms with van der Waals surface area (Å²) in [4.78, 5) is 1.28. The van der Waals surface area contributed by atoms with Crippen molar-refractivity contribution in [2.75, 3.05) is 7.05 Å². The van der Waals surface area contributed by atoms with Crippen molar-refractivity contribution < 1.29 is 0 Å². The van der Waals surface area contributed by atoms with Crippen LogP contribution < -0.4 is 5.32 Å². The van der Waals surface area contributed by atoms with Gasteiger partial charge in [-0.1, -0.05) is 31.5 Å². The van der Waals surface area contributed by atoms with Crippen molar-refractivity contribution in [2.24, 2.45) is 0 Å². The number of rotatable bonds is 4. The molecule has 3 heteroatoms. The molecule has 78 valence electrons. The Morgan fingerprint density at radius 3 is 2.71 bits per heavy atom. The van der Waals surface area contributed by atoms with Crippen molar-refractivity contribution in [1.29, 1.82) is 0 Å². The number of hydrogen-bond acceptors (Lipinski definition) is 2. The molecule has 1 rings (SSSR count). The van der Waals surface area contributed by atoms with Gasteiger partial charge in [-0.3, -0.25) is 0 Å². The highest BCUT2D eigenvalue weighted by Crippen LogP contribution is 2.30. The van der Waals surface area contributed by atoms with Crippen LogP contribution in [0.25, 0.3) is 0 Å². The molecule has 14 heavy (non-hydrogen) atoms. The van der Waals surface area contributed by atoms with E-state index in [0.717, 1.165) is 11.6 Å². The van der Waals surface area contributed by atoms with E-state index < -0.39 is 0 Å². The van der Waals surface area contributed by atoms with Gasteiger partial charge in [0, 0.05) is 21.7 Å². The molecule has 0 heterocycles. The summed E-state index contributed by atoms with van der Waals surface area (Å²) in [6, 6.07) is 6.08. The smallest absolute Gasteiger partial charge is 0.0462 e. The van der Waals surface area contributed by atoms with Crippen LogP contribution in [0.3, 0.4) is 0 Å². The Labute approximate surface area is 95.2 Å². The van der Waals surface area contributed by atoms with E-state index in [2.05, 4.69) is 25.2 Å². The molecule has 0 fully saturated rings. The first kappa shape index (κ1) is 11.9. The van der Waals surface area contributed by atoms with Crippen LogP contribution in [-0.4, -0.2) is 12.3 Å². The van der Waals surface area contributed by atoms with Gasteiger partial charge in [0.05, 0.1) is 0 Å². The average Bonchev–Trinajstić information content (AvgIpc) is 2.10. The lowest BCUT2D eigenvalue weighted by Crippen LogP contribution is -2.07. The second-order valence-electron chi connectivity index (χ2n) is 3.41. The molecule has 0 atom stereocenters. The van der Waals surface area contributed by atoms with Gasteiger partial charge < -0.3 is 5.32 Å². The summed E-state index contributed by atoms with van der Waals surface area (Å²) >= 11 is 7.99. The molecular weight excluding hydrogens is 214 g/mol. The minimum absolute atomic E-state index is 0.587. The summed E-state index contributed by atoms with van der Waals surface area (Å²) < 4.78 is 0. The molecule has 1 nitrogen and oxygen atoms in total. The summed E-state index contributed by atoms with van der Waals surface area (Å²) in [5, 5.41) is 4.58. The van der Waals surface area contributed by atoms with Crippen molar-refractivity contribution >= 4 is 23.4 Å². The van der Waals surface area contributed by atoms with E-state index in [9.17, 15) is 0 Å². The maximum atomic E-state index is 6.14. The predicted molar refractivity (Wildman–Crippen MR) is 65.2 cm³/mol. The van der Waals surface area contributed by atoms with E-state index in [-0.39, 0.29) is 0 Å². The number of benzene rings is 1. The third-order valence-corrected chi connectivity index (χ3v) is 3.25. The molecular formula is C11H16ClNS. The van der Waals surface area contributed by atoms with Crippen molar-refractivity contribution in [3.05, 3.63) is 28.8 Å². The molecule has 0 aliphatic heterocycles. The third-order valence-electron chi connectivity index (χ3n) is 1.79. The van der Waals surface area contributed by atoms with Crippen molar-refractivity contribution in [2.45, 2.75) is 30.5 Å². The fourth-order valence-electron chi connectivity index (χ4n) is 1.25. The molecule has 0 unspecified atom stereocenters. The summed E-state index contributed by atoms with van der Waals surface area (Å²) in [6.45, 7) is 5.21. The highest BCUT2D eigenvalue weighted by atomic mass is 35.5. The van der Waals surface area contributed by atoms with Crippen LogP contribution in [0.15, 0.2) is 23.1 Å². The van der Waals surface area contributed by atoms with E-state index in [1.165, 1.54) is 10.5 Å². The average molecular weight is 230 g/mol. The van der Waals surface area contributed by atoms with Gasteiger partial charge in [-0.25, -0.2) is 0 Å². The van der Waals surface area contributed by atoms with Crippen LogP contribution in [0.1, 0.15) is 19.4 Å². The minimum Gasteiger partial charge on any atom is -0.316 e. The van der Waals surface area contributed by atoms with Gasteiger partial charge >= 0.3 is 0 Å². The highest BCUT2D eigenvalue weighted by molar-refractivity contribution is 8.00. The van der Waals surface area contributed by atoms with E-state index >= 15 is 0 Å². The van der Waals surface area contributed by atoms with Gasteiger partial charge in [-0.05, 0) is 24.7 Å². The van der Waals surface area contributed by atoms with Crippen LogP contribution in [-0.2, 0) is 6.54 Å². The molecule has 0 saturated carbocycles. The molecule has 0 spiro atoms. The first-order valence-corrected chi connectivity index (χ1v) is 5.99. The van der Waals surface area contributed by atoms with E-state index in [1.54, 1.807) is 0 Å². The highest BCUT2D eigenvalue weighted by Gasteiger charge is 2.07. The first-order valence-electron chi connectivity index (χ1n) is 4.73. The van der Waals surface area contributed by atoms with Crippen LogP contribution in [0, 0.1) is 0 Å². The van der Waals surface area contributed by atoms with Crippen LogP contribution in [0.5, 0.6) is 0 Å². The van der Waals surface area contributed by atoms with Crippen LogP contribution in [0.4, 0.5) is 0 Å². The Morgan fingerprint density at radius 1 is 1.43 bits per heavy atom. The topological polar surface area (TPSA) is 12.0 Å². The molecule has 0 aliphatic carbocycles. The second-order valence-corrected chi connectivity index (χ2v) is 5.44. The fraction of sp³-hybridized carbons (Fsp3) is 0.455. The Morgan fingerprint density at radius 2 is 2.14 bits per heavy atom. The second kappa shape index (κ2) is 5.64. The Kier molecular flexibility index (Phi) is 4.79. The zero-order chi connectivity index (χ0) is 10.6. The Hall–Kier alpha value is -0.180. The van der Waals surface area contributed by atoms with Crippen molar-refractivity contribution in [1.82, 2.24) is 5.32 Å². The predicted octanol–water partition coefficient (Wildman–Crippen LogP) is 3.56. The number of nitrogens with one attached hydrogen (secondary N) is 1. The first-order chi connectivity index (χ1) is 6.65. The molecule has 0 amide bonds. The lowest BCUT2D eigenvalue weighted by atomic mass is 10.2. The molecule has 1 N–H and O–H groups in total. The van der Waals surface area contributed by atoms with Gasteiger partial charge in [0.2, 0.25) is 0 Å². The summed E-state index contributed by atoms with van der Waals surface area (Å²) in [6.07, 6.45) is 0. The summed E-state index contributed by atoms with van der Waals surface area (Å²) in [7, 11) is 1.94. The minimum atomic E-state index is 0.587. The number of thioether (sulfide) groups is 1. The van der Waals surface area contributed by atoms with Crippen LogP contribution >= 0.6 is 23.4 Å². The largest absolute Gasteiger partial charge is 0.316 e. The van der Waals surface area contributed by atoms with E-state index in [0.29, 0.717) is 5.25 Å². The summed E-state index contributed by atoms with van der Waals surface area (Å²) in [5.41, 5.74) is 1.20. The van der Waals surface area contributed by atoms with Gasteiger partial charge in [0.1, 0.15) is 0 Å². The molecule has 0 aromatic heterocycles.